The molecule has 0 saturated heterocycles. The number of aromatic hydroxyl groups is 1. The number of rotatable bonds is 1. The lowest BCUT2D eigenvalue weighted by Gasteiger charge is -2.32. The lowest BCUT2D eigenvalue weighted by atomic mass is 9.74. The largest absolute Gasteiger partial charge is 0.507 e. The maximum atomic E-state index is 14.0. The van der Waals surface area contributed by atoms with Gasteiger partial charge in [-0.25, -0.2) is 9.18 Å². The van der Waals surface area contributed by atoms with Gasteiger partial charge in [-0.2, -0.15) is 0 Å². The van der Waals surface area contributed by atoms with Crippen molar-refractivity contribution >= 4 is 5.97 Å². The van der Waals surface area contributed by atoms with Crippen molar-refractivity contribution in [3.05, 3.63) is 70.6 Å². The quantitative estimate of drug-likeness (QED) is 0.389. The first-order valence-corrected chi connectivity index (χ1v) is 9.39. The summed E-state index contributed by atoms with van der Waals surface area (Å²) in [4.78, 5) is 12.4. The van der Waals surface area contributed by atoms with Gasteiger partial charge < -0.3 is 9.84 Å². The molecular formula is C24H27FO3. The van der Waals surface area contributed by atoms with Gasteiger partial charge in [-0.15, -0.1) is 0 Å². The molecule has 0 aliphatic carbocycles. The van der Waals surface area contributed by atoms with Gasteiger partial charge in [0.25, 0.3) is 0 Å². The van der Waals surface area contributed by atoms with Crippen LogP contribution < -0.4 is 4.74 Å². The number of phenols is 1. The van der Waals surface area contributed by atoms with Crippen molar-refractivity contribution in [3.63, 3.8) is 0 Å². The Hall–Kier alpha value is -2.62. The van der Waals surface area contributed by atoms with Crippen LogP contribution in [0.3, 0.4) is 0 Å². The second-order valence-corrected chi connectivity index (χ2v) is 9.49. The van der Waals surface area contributed by atoms with Crippen LogP contribution in [0.25, 0.3) is 0 Å². The molecule has 1 aliphatic rings. The van der Waals surface area contributed by atoms with E-state index in [9.17, 15) is 14.3 Å². The molecule has 0 spiro atoms. The molecule has 0 fully saturated rings. The Morgan fingerprint density at radius 1 is 1.00 bits per heavy atom. The fourth-order valence-corrected chi connectivity index (χ4v) is 3.66. The molecule has 3 nitrogen and oxygen atoms in total. The van der Waals surface area contributed by atoms with E-state index < -0.39 is 17.7 Å². The molecular weight excluding hydrogens is 355 g/mol. The summed E-state index contributed by atoms with van der Waals surface area (Å²) >= 11 is 0. The third-order valence-corrected chi connectivity index (χ3v) is 5.18. The van der Waals surface area contributed by atoms with Gasteiger partial charge in [0, 0.05) is 17.1 Å². The third-order valence-electron chi connectivity index (χ3n) is 5.18. The van der Waals surface area contributed by atoms with Crippen LogP contribution in [0.4, 0.5) is 4.39 Å². The molecule has 0 radical (unpaired) electrons. The Kier molecular flexibility index (Phi) is 4.65. The van der Waals surface area contributed by atoms with Crippen LogP contribution in [0.5, 0.6) is 11.5 Å². The van der Waals surface area contributed by atoms with E-state index in [1.54, 1.807) is 0 Å². The maximum Gasteiger partial charge on any atom is 0.339 e. The van der Waals surface area contributed by atoms with Gasteiger partial charge in [-0.05, 0) is 45.7 Å². The van der Waals surface area contributed by atoms with E-state index in [4.69, 9.17) is 4.74 Å². The van der Waals surface area contributed by atoms with Gasteiger partial charge in [-0.3, -0.25) is 0 Å². The summed E-state index contributed by atoms with van der Waals surface area (Å²) in [6.45, 7) is 16.1. The minimum Gasteiger partial charge on any atom is -0.507 e. The van der Waals surface area contributed by atoms with Crippen LogP contribution in [0.2, 0.25) is 0 Å². The number of hydrogen-bond donors (Lipinski definition) is 1. The fraction of sp³-hybridized carbons (Fsp3) is 0.375. The van der Waals surface area contributed by atoms with Crippen molar-refractivity contribution < 1.29 is 19.0 Å². The number of ether oxygens (including phenoxy) is 1. The SMILES string of the molecule is C=C1C(=O)Oc2ccc(F)cc2[C@@H]1c1cc(C(C)(C)C)c(O)c(C(C)(C)C)c1. The molecule has 1 heterocycles. The topological polar surface area (TPSA) is 46.5 Å². The fourth-order valence-electron chi connectivity index (χ4n) is 3.66. The molecule has 0 unspecified atom stereocenters. The zero-order valence-corrected chi connectivity index (χ0v) is 17.3. The van der Waals surface area contributed by atoms with Crippen LogP contribution in [-0.4, -0.2) is 11.1 Å². The molecule has 1 aliphatic heterocycles. The Balaban J connectivity index is 2.33. The first kappa shape index (κ1) is 20.1. The number of esters is 1. The number of carbonyl (C=O) groups is 1. The number of carbonyl (C=O) groups excluding carboxylic acids is 1. The van der Waals surface area contributed by atoms with Crippen LogP contribution in [0, 0.1) is 5.82 Å². The number of benzene rings is 2. The minimum absolute atomic E-state index is 0.253. The molecule has 148 valence electrons. The summed E-state index contributed by atoms with van der Waals surface area (Å²) in [6, 6.07) is 7.92. The maximum absolute atomic E-state index is 14.0. The normalized spacial score (nSPS) is 17.3. The Labute approximate surface area is 165 Å². The zero-order chi connectivity index (χ0) is 21.0. The van der Waals surface area contributed by atoms with Crippen LogP contribution >= 0.6 is 0 Å². The second kappa shape index (κ2) is 6.47. The molecule has 4 heteroatoms. The highest BCUT2D eigenvalue weighted by molar-refractivity contribution is 5.94. The van der Waals surface area contributed by atoms with Gasteiger partial charge in [0.1, 0.15) is 17.3 Å². The molecule has 1 atom stereocenters. The van der Waals surface area contributed by atoms with Crippen molar-refractivity contribution in [2.24, 2.45) is 0 Å². The first-order valence-electron chi connectivity index (χ1n) is 9.39. The highest BCUT2D eigenvalue weighted by atomic mass is 19.1. The van der Waals surface area contributed by atoms with Gasteiger partial charge >= 0.3 is 5.97 Å². The van der Waals surface area contributed by atoms with Gasteiger partial charge in [0.2, 0.25) is 0 Å². The number of hydrogen-bond acceptors (Lipinski definition) is 3. The monoisotopic (exact) mass is 382 g/mol. The van der Waals surface area contributed by atoms with Crippen LogP contribution in [0.15, 0.2) is 42.5 Å². The highest BCUT2D eigenvalue weighted by Gasteiger charge is 2.35. The van der Waals surface area contributed by atoms with E-state index >= 15 is 0 Å². The Morgan fingerprint density at radius 3 is 2.04 bits per heavy atom. The summed E-state index contributed by atoms with van der Waals surface area (Å²) in [5.74, 6) is -0.861. The van der Waals surface area contributed by atoms with E-state index in [1.807, 2.05) is 53.7 Å². The Morgan fingerprint density at radius 2 is 1.54 bits per heavy atom. The van der Waals surface area contributed by atoms with Crippen molar-refractivity contribution in [2.45, 2.75) is 58.3 Å². The molecule has 28 heavy (non-hydrogen) atoms. The molecule has 3 rings (SSSR count). The smallest absolute Gasteiger partial charge is 0.339 e. The molecule has 0 saturated carbocycles. The van der Waals surface area contributed by atoms with Crippen LogP contribution in [0.1, 0.15) is 69.7 Å². The highest BCUT2D eigenvalue weighted by Crippen LogP contribution is 2.46. The summed E-state index contributed by atoms with van der Waals surface area (Å²) in [7, 11) is 0. The van der Waals surface area contributed by atoms with Crippen molar-refractivity contribution in [3.8, 4) is 11.5 Å². The standard InChI is InChI=1S/C24H27FO3/c1-13-20(16-12-15(25)8-9-19(16)28-22(13)27)14-10-17(23(2,3)4)21(26)18(11-14)24(5,6)7/h8-12,20,26H,1H2,2-7H3/t20-/m0/s1. The van der Waals surface area contributed by atoms with Gasteiger partial charge in [0.05, 0.1) is 0 Å². The molecule has 1 N–H and O–H groups in total. The van der Waals surface area contributed by atoms with Gasteiger partial charge in [-0.1, -0.05) is 60.3 Å². The lowest BCUT2D eigenvalue weighted by Crippen LogP contribution is -2.25. The number of halogens is 1. The summed E-state index contributed by atoms with van der Waals surface area (Å²) in [6.07, 6.45) is 0. The van der Waals surface area contributed by atoms with Crippen molar-refractivity contribution in [1.29, 1.82) is 0 Å². The minimum atomic E-state index is -0.533. The molecule has 0 bridgehead atoms. The van der Waals surface area contributed by atoms with Crippen molar-refractivity contribution in [2.75, 3.05) is 0 Å². The predicted octanol–water partition coefficient (Wildman–Crippen LogP) is 5.73. The zero-order valence-electron chi connectivity index (χ0n) is 17.3. The average molecular weight is 382 g/mol. The summed E-state index contributed by atoms with van der Waals surface area (Å²) < 4.78 is 19.3. The molecule has 0 amide bonds. The van der Waals surface area contributed by atoms with Gasteiger partial charge in [0.15, 0.2) is 0 Å². The molecule has 0 aromatic heterocycles. The lowest BCUT2D eigenvalue weighted by molar-refractivity contribution is -0.131. The first-order chi connectivity index (χ1) is 12.8. The summed E-state index contributed by atoms with van der Waals surface area (Å²) in [5.41, 5.74) is 2.53. The van der Waals surface area contributed by atoms with E-state index in [-0.39, 0.29) is 22.2 Å². The third kappa shape index (κ3) is 3.44. The molecule has 2 aromatic carbocycles. The van der Waals surface area contributed by atoms with Crippen LogP contribution in [-0.2, 0) is 15.6 Å². The number of phenolic OH excluding ortho intramolecular Hbond substituents is 1. The van der Waals surface area contributed by atoms with E-state index in [0.29, 0.717) is 11.3 Å². The molecule has 2 aromatic rings. The van der Waals surface area contributed by atoms with E-state index in [1.165, 1.54) is 18.2 Å². The van der Waals surface area contributed by atoms with Crippen molar-refractivity contribution in [1.82, 2.24) is 0 Å². The number of fused-ring (bicyclic) bond motifs is 1. The second-order valence-electron chi connectivity index (χ2n) is 9.49. The van der Waals surface area contributed by atoms with E-state index in [0.717, 1.165) is 16.7 Å². The Bertz CT molecular complexity index is 939. The predicted molar refractivity (Wildman–Crippen MR) is 109 cm³/mol. The summed E-state index contributed by atoms with van der Waals surface area (Å²) in [5, 5.41) is 11.0. The average Bonchev–Trinajstić information content (AvgIpc) is 2.55. The van der Waals surface area contributed by atoms with E-state index in [2.05, 4.69) is 6.58 Å².